The van der Waals surface area contributed by atoms with Gasteiger partial charge in [-0.1, -0.05) is 40.5 Å². The van der Waals surface area contributed by atoms with Crippen LogP contribution in [0.5, 0.6) is 0 Å². The van der Waals surface area contributed by atoms with Crippen LogP contribution in [0.2, 0.25) is 5.02 Å². The third-order valence-electron chi connectivity index (χ3n) is 4.01. The molecule has 1 aromatic rings. The topological polar surface area (TPSA) is 15.3 Å². The van der Waals surface area contributed by atoms with Gasteiger partial charge in [0.2, 0.25) is 0 Å². The van der Waals surface area contributed by atoms with E-state index in [0.29, 0.717) is 12.0 Å². The molecule has 1 fully saturated rings. The summed E-state index contributed by atoms with van der Waals surface area (Å²) < 4.78 is 1.05. The molecule has 0 bridgehead atoms. The van der Waals surface area contributed by atoms with Crippen molar-refractivity contribution >= 4 is 27.5 Å². The fourth-order valence-corrected chi connectivity index (χ4v) is 3.96. The van der Waals surface area contributed by atoms with E-state index in [2.05, 4.69) is 45.2 Å². The number of nitrogens with one attached hydrogen (secondary N) is 1. The number of piperidine rings is 1. The summed E-state index contributed by atoms with van der Waals surface area (Å²) in [6.07, 6.45) is 2.55. The molecule has 1 aliphatic heterocycles. The van der Waals surface area contributed by atoms with Gasteiger partial charge in [0.15, 0.2) is 0 Å². The molecule has 2 nitrogen and oxygen atoms in total. The van der Waals surface area contributed by atoms with Crippen LogP contribution in [0.1, 0.15) is 31.4 Å². The summed E-state index contributed by atoms with van der Waals surface area (Å²) >= 11 is 9.96. The standard InChI is InChI=1S/C15H22BrClN2/c1-3-19-8-4-5-11(10-18-2)15(19)13-7-6-12(16)9-14(13)17/h6-7,9,11,15,18H,3-5,8,10H2,1-2H3. The summed E-state index contributed by atoms with van der Waals surface area (Å²) in [4.78, 5) is 2.56. The van der Waals surface area contributed by atoms with Crippen molar-refractivity contribution < 1.29 is 0 Å². The number of nitrogens with zero attached hydrogens (tertiary/aromatic N) is 1. The fourth-order valence-electron chi connectivity index (χ4n) is 3.17. The lowest BCUT2D eigenvalue weighted by Gasteiger charge is -2.41. The lowest BCUT2D eigenvalue weighted by atomic mass is 9.84. The molecular weight excluding hydrogens is 324 g/mol. The second-order valence-electron chi connectivity index (χ2n) is 5.20. The van der Waals surface area contributed by atoms with Crippen molar-refractivity contribution in [2.45, 2.75) is 25.8 Å². The van der Waals surface area contributed by atoms with Gasteiger partial charge in [-0.3, -0.25) is 4.90 Å². The average Bonchev–Trinajstić information content (AvgIpc) is 2.39. The van der Waals surface area contributed by atoms with Crippen LogP contribution in [0.4, 0.5) is 0 Å². The largest absolute Gasteiger partial charge is 0.319 e. The highest BCUT2D eigenvalue weighted by molar-refractivity contribution is 9.10. The number of hydrogen-bond donors (Lipinski definition) is 1. The zero-order valence-electron chi connectivity index (χ0n) is 11.6. The predicted octanol–water partition coefficient (Wildman–Crippen LogP) is 4.09. The van der Waals surface area contributed by atoms with Crippen molar-refractivity contribution in [2.75, 3.05) is 26.7 Å². The van der Waals surface area contributed by atoms with Gasteiger partial charge in [-0.25, -0.2) is 0 Å². The van der Waals surface area contributed by atoms with Crippen molar-refractivity contribution in [1.29, 1.82) is 0 Å². The molecule has 106 valence electrons. The summed E-state index contributed by atoms with van der Waals surface area (Å²) in [7, 11) is 2.03. The minimum atomic E-state index is 0.437. The first-order valence-corrected chi connectivity index (χ1v) is 8.18. The normalized spacial score (nSPS) is 24.6. The van der Waals surface area contributed by atoms with Crippen LogP contribution in [-0.2, 0) is 0 Å². The summed E-state index contributed by atoms with van der Waals surface area (Å²) in [5.41, 5.74) is 1.27. The lowest BCUT2D eigenvalue weighted by molar-refractivity contribution is 0.0983. The van der Waals surface area contributed by atoms with E-state index in [4.69, 9.17) is 11.6 Å². The van der Waals surface area contributed by atoms with E-state index in [9.17, 15) is 0 Å². The quantitative estimate of drug-likeness (QED) is 0.884. The van der Waals surface area contributed by atoms with Crippen LogP contribution >= 0.6 is 27.5 Å². The highest BCUT2D eigenvalue weighted by Crippen LogP contribution is 2.39. The van der Waals surface area contributed by atoms with Crippen molar-refractivity contribution in [3.05, 3.63) is 33.3 Å². The molecule has 1 N–H and O–H groups in total. The molecule has 2 rings (SSSR count). The Morgan fingerprint density at radius 1 is 1.47 bits per heavy atom. The van der Waals surface area contributed by atoms with Crippen molar-refractivity contribution in [1.82, 2.24) is 10.2 Å². The van der Waals surface area contributed by atoms with E-state index in [0.717, 1.165) is 22.6 Å². The van der Waals surface area contributed by atoms with Gasteiger partial charge in [-0.05, 0) is 63.1 Å². The van der Waals surface area contributed by atoms with E-state index in [-0.39, 0.29) is 0 Å². The van der Waals surface area contributed by atoms with E-state index in [1.807, 2.05) is 13.1 Å². The maximum absolute atomic E-state index is 6.47. The Balaban J connectivity index is 2.33. The van der Waals surface area contributed by atoms with Gasteiger partial charge in [0.25, 0.3) is 0 Å². The van der Waals surface area contributed by atoms with Crippen molar-refractivity contribution in [3.8, 4) is 0 Å². The van der Waals surface area contributed by atoms with E-state index >= 15 is 0 Å². The molecule has 1 saturated heterocycles. The fraction of sp³-hybridized carbons (Fsp3) is 0.600. The number of likely N-dealkylation sites (tertiary alicyclic amines) is 1. The monoisotopic (exact) mass is 344 g/mol. The van der Waals surface area contributed by atoms with E-state index in [1.54, 1.807) is 0 Å². The number of rotatable bonds is 4. The maximum Gasteiger partial charge on any atom is 0.0465 e. The molecule has 0 spiro atoms. The Hall–Kier alpha value is -0.0900. The van der Waals surface area contributed by atoms with Crippen LogP contribution in [0.3, 0.4) is 0 Å². The zero-order chi connectivity index (χ0) is 13.8. The highest BCUT2D eigenvalue weighted by Gasteiger charge is 2.32. The molecule has 4 heteroatoms. The van der Waals surface area contributed by atoms with Gasteiger partial charge >= 0.3 is 0 Å². The van der Waals surface area contributed by atoms with Gasteiger partial charge in [0.1, 0.15) is 0 Å². The minimum Gasteiger partial charge on any atom is -0.319 e. The number of hydrogen-bond acceptors (Lipinski definition) is 2. The highest BCUT2D eigenvalue weighted by atomic mass is 79.9. The first-order chi connectivity index (χ1) is 9.17. The van der Waals surface area contributed by atoms with Crippen molar-refractivity contribution in [3.63, 3.8) is 0 Å². The third kappa shape index (κ3) is 3.52. The first kappa shape index (κ1) is 15.3. The minimum absolute atomic E-state index is 0.437. The molecular formula is C15H22BrClN2. The molecule has 1 aromatic carbocycles. The van der Waals surface area contributed by atoms with E-state index < -0.39 is 0 Å². The van der Waals surface area contributed by atoms with Crippen LogP contribution in [0.15, 0.2) is 22.7 Å². The SMILES string of the molecule is CCN1CCCC(CNC)C1c1ccc(Br)cc1Cl. The van der Waals surface area contributed by atoms with Crippen LogP contribution in [0, 0.1) is 5.92 Å². The Morgan fingerprint density at radius 3 is 2.89 bits per heavy atom. The summed E-state index contributed by atoms with van der Waals surface area (Å²) in [6, 6.07) is 6.72. The molecule has 0 amide bonds. The molecule has 2 atom stereocenters. The Kier molecular flexibility index (Phi) is 5.70. The summed E-state index contributed by atoms with van der Waals surface area (Å²) in [5, 5.41) is 4.21. The second-order valence-corrected chi connectivity index (χ2v) is 6.52. The molecule has 0 aliphatic carbocycles. The number of benzene rings is 1. The molecule has 1 heterocycles. The molecule has 19 heavy (non-hydrogen) atoms. The molecule has 0 aromatic heterocycles. The summed E-state index contributed by atoms with van der Waals surface area (Å²) in [6.45, 7) is 5.54. The molecule has 1 aliphatic rings. The van der Waals surface area contributed by atoms with Gasteiger partial charge in [-0.15, -0.1) is 0 Å². The Morgan fingerprint density at radius 2 is 2.26 bits per heavy atom. The Bertz CT molecular complexity index is 423. The summed E-state index contributed by atoms with van der Waals surface area (Å²) in [5.74, 6) is 0.636. The molecule has 0 saturated carbocycles. The Labute approximate surface area is 129 Å². The second kappa shape index (κ2) is 7.07. The van der Waals surface area contributed by atoms with Crippen LogP contribution in [-0.4, -0.2) is 31.6 Å². The number of halogens is 2. The van der Waals surface area contributed by atoms with E-state index in [1.165, 1.54) is 24.9 Å². The molecule has 0 radical (unpaired) electrons. The lowest BCUT2D eigenvalue weighted by Crippen LogP contribution is -2.42. The predicted molar refractivity (Wildman–Crippen MR) is 85.8 cm³/mol. The van der Waals surface area contributed by atoms with Gasteiger partial charge < -0.3 is 5.32 Å². The van der Waals surface area contributed by atoms with Gasteiger partial charge in [0.05, 0.1) is 0 Å². The zero-order valence-corrected chi connectivity index (χ0v) is 14.0. The van der Waals surface area contributed by atoms with Gasteiger partial charge in [0, 0.05) is 15.5 Å². The third-order valence-corrected chi connectivity index (χ3v) is 4.83. The van der Waals surface area contributed by atoms with Crippen LogP contribution < -0.4 is 5.32 Å². The molecule has 2 unspecified atom stereocenters. The average molecular weight is 346 g/mol. The van der Waals surface area contributed by atoms with Gasteiger partial charge in [-0.2, -0.15) is 0 Å². The smallest absolute Gasteiger partial charge is 0.0465 e. The maximum atomic E-state index is 6.47. The van der Waals surface area contributed by atoms with Crippen LogP contribution in [0.25, 0.3) is 0 Å². The first-order valence-electron chi connectivity index (χ1n) is 7.01. The van der Waals surface area contributed by atoms with Crippen molar-refractivity contribution in [2.24, 2.45) is 5.92 Å².